The van der Waals surface area contributed by atoms with Crippen LogP contribution in [0.1, 0.15) is 5.56 Å². The van der Waals surface area contributed by atoms with E-state index in [2.05, 4.69) is 26.0 Å². The molecule has 0 saturated heterocycles. The van der Waals surface area contributed by atoms with Gasteiger partial charge in [-0.1, -0.05) is 17.2 Å². The first-order valence-electron chi connectivity index (χ1n) is 4.26. The van der Waals surface area contributed by atoms with Gasteiger partial charge in [0.15, 0.2) is 0 Å². The fraction of sp³-hybridized carbons (Fsp3) is 0.333. The van der Waals surface area contributed by atoms with Gasteiger partial charge in [0.05, 0.1) is 11.0 Å². The van der Waals surface area contributed by atoms with Gasteiger partial charge in [0, 0.05) is 11.3 Å². The average molecular weight is 254 g/mol. The number of ether oxygens (including phenoxy) is 1. The maximum atomic E-state index is 8.19. The van der Waals surface area contributed by atoms with Crippen molar-refractivity contribution in [3.05, 3.63) is 38.7 Å². The molecule has 72 valence electrons. The molecule has 0 aliphatic carbocycles. The second-order valence-electron chi connectivity index (χ2n) is 3.09. The van der Waals surface area contributed by atoms with Gasteiger partial charge < -0.3 is 4.74 Å². The summed E-state index contributed by atoms with van der Waals surface area (Å²) in [6, 6.07) is 5.94. The molecule has 1 heterocycles. The van der Waals surface area contributed by atoms with Gasteiger partial charge in [0.25, 0.3) is 0 Å². The van der Waals surface area contributed by atoms with E-state index in [4.69, 9.17) is 10.3 Å². The van der Waals surface area contributed by atoms with Gasteiger partial charge in [-0.25, -0.2) is 0 Å². The molecule has 14 heavy (non-hydrogen) atoms. The van der Waals surface area contributed by atoms with Crippen LogP contribution in [0.15, 0.2) is 27.8 Å². The van der Waals surface area contributed by atoms with E-state index in [0.29, 0.717) is 6.54 Å². The zero-order valence-corrected chi connectivity index (χ0v) is 8.94. The monoisotopic (exact) mass is 253 g/mol. The summed E-state index contributed by atoms with van der Waals surface area (Å²) in [6.07, 6.45) is 0.799. The topological polar surface area (TPSA) is 58.0 Å². The van der Waals surface area contributed by atoms with Gasteiger partial charge in [-0.05, 0) is 33.1 Å². The third-order valence-corrected chi connectivity index (χ3v) is 2.75. The van der Waals surface area contributed by atoms with Gasteiger partial charge in [-0.2, -0.15) is 0 Å². The van der Waals surface area contributed by atoms with E-state index in [1.165, 1.54) is 0 Å². The second kappa shape index (κ2) is 3.90. The number of nitrogens with zero attached hydrogens (tertiary/aromatic N) is 3. The number of benzene rings is 1. The minimum Gasteiger partial charge on any atom is -0.488 e. The highest BCUT2D eigenvalue weighted by atomic mass is 79.9. The summed E-state index contributed by atoms with van der Waals surface area (Å²) in [6.45, 7) is 0.387. The summed E-state index contributed by atoms with van der Waals surface area (Å²) < 4.78 is 6.58. The summed E-state index contributed by atoms with van der Waals surface area (Å²) in [7, 11) is 0. The molecule has 5 heteroatoms. The van der Waals surface area contributed by atoms with Gasteiger partial charge in [-0.15, -0.1) is 0 Å². The highest BCUT2D eigenvalue weighted by molar-refractivity contribution is 9.10. The predicted molar refractivity (Wildman–Crippen MR) is 56.3 cm³/mol. The van der Waals surface area contributed by atoms with Crippen LogP contribution < -0.4 is 4.74 Å². The molecule has 0 aromatic heterocycles. The molecule has 0 saturated carbocycles. The molecule has 4 nitrogen and oxygen atoms in total. The minimum absolute atomic E-state index is 0.0143. The molecule has 1 unspecified atom stereocenters. The van der Waals surface area contributed by atoms with Crippen molar-refractivity contribution in [2.75, 3.05) is 6.54 Å². The SMILES string of the molecule is [N-]=[N+]=NCC1Cc2cccc(Br)c2O1. The molecular formula is C9H8BrN3O. The maximum absolute atomic E-state index is 8.19. The normalized spacial score (nSPS) is 18.2. The lowest BCUT2D eigenvalue weighted by Gasteiger charge is -2.06. The van der Waals surface area contributed by atoms with E-state index < -0.39 is 0 Å². The number of para-hydroxylation sites is 1. The lowest BCUT2D eigenvalue weighted by Crippen LogP contribution is -2.16. The summed E-state index contributed by atoms with van der Waals surface area (Å²) in [5, 5.41) is 3.51. The molecular weight excluding hydrogens is 246 g/mol. The molecule has 0 radical (unpaired) electrons. The van der Waals surface area contributed by atoms with Crippen molar-refractivity contribution in [3.63, 3.8) is 0 Å². The summed E-state index contributed by atoms with van der Waals surface area (Å²) in [5.74, 6) is 0.880. The Morgan fingerprint density at radius 1 is 1.64 bits per heavy atom. The first kappa shape index (κ1) is 9.37. The van der Waals surface area contributed by atoms with E-state index in [0.717, 1.165) is 22.2 Å². The predicted octanol–water partition coefficient (Wildman–Crippen LogP) is 3.06. The van der Waals surface area contributed by atoms with Crippen LogP contribution in [0, 0.1) is 0 Å². The van der Waals surface area contributed by atoms with Crippen molar-refractivity contribution in [2.45, 2.75) is 12.5 Å². The first-order valence-corrected chi connectivity index (χ1v) is 5.05. The van der Waals surface area contributed by atoms with Gasteiger partial charge >= 0.3 is 0 Å². The molecule has 2 rings (SSSR count). The van der Waals surface area contributed by atoms with Crippen molar-refractivity contribution in [3.8, 4) is 5.75 Å². The highest BCUT2D eigenvalue weighted by Gasteiger charge is 2.23. The molecule has 1 aliphatic rings. The quantitative estimate of drug-likeness (QED) is 0.454. The Morgan fingerprint density at radius 3 is 3.21 bits per heavy atom. The molecule has 0 N–H and O–H groups in total. The standard InChI is InChI=1S/C9H8BrN3O/c10-8-3-1-2-6-4-7(5-12-13-11)14-9(6)8/h1-3,7H,4-5H2. The summed E-state index contributed by atoms with van der Waals surface area (Å²) in [5.41, 5.74) is 9.36. The van der Waals surface area contributed by atoms with E-state index in [1.807, 2.05) is 18.2 Å². The Kier molecular flexibility index (Phi) is 2.61. The molecule has 1 aromatic carbocycles. The number of halogens is 1. The Labute approximate surface area is 89.6 Å². The van der Waals surface area contributed by atoms with Crippen molar-refractivity contribution in [1.29, 1.82) is 0 Å². The zero-order chi connectivity index (χ0) is 9.97. The van der Waals surface area contributed by atoms with E-state index in [1.54, 1.807) is 0 Å². The smallest absolute Gasteiger partial charge is 0.137 e. The Hall–Kier alpha value is -1.19. The molecule has 1 atom stereocenters. The Bertz CT molecular complexity index is 401. The molecule has 0 fully saturated rings. The second-order valence-corrected chi connectivity index (χ2v) is 3.94. The van der Waals surface area contributed by atoms with Gasteiger partial charge in [0.1, 0.15) is 11.9 Å². The van der Waals surface area contributed by atoms with Crippen LogP contribution in [0.2, 0.25) is 0 Å². The van der Waals surface area contributed by atoms with Crippen molar-refractivity contribution < 1.29 is 4.74 Å². The summed E-state index contributed by atoms with van der Waals surface area (Å²) in [4.78, 5) is 2.72. The lowest BCUT2D eigenvalue weighted by molar-refractivity contribution is 0.240. The van der Waals surface area contributed by atoms with Crippen LogP contribution in [0.25, 0.3) is 10.4 Å². The third kappa shape index (κ3) is 1.69. The molecule has 0 spiro atoms. The Balaban J connectivity index is 2.17. The van der Waals surface area contributed by atoms with Crippen LogP contribution in [-0.2, 0) is 6.42 Å². The molecule has 1 aliphatic heterocycles. The van der Waals surface area contributed by atoms with Gasteiger partial charge in [-0.3, -0.25) is 0 Å². The molecule has 0 bridgehead atoms. The number of rotatable bonds is 2. The largest absolute Gasteiger partial charge is 0.488 e. The number of hydrogen-bond acceptors (Lipinski definition) is 2. The lowest BCUT2D eigenvalue weighted by atomic mass is 10.1. The van der Waals surface area contributed by atoms with Gasteiger partial charge in [0.2, 0.25) is 0 Å². The number of hydrogen-bond donors (Lipinski definition) is 0. The van der Waals surface area contributed by atoms with E-state index >= 15 is 0 Å². The number of fused-ring (bicyclic) bond motifs is 1. The number of azide groups is 1. The Morgan fingerprint density at radius 2 is 2.50 bits per heavy atom. The van der Waals surface area contributed by atoms with E-state index in [9.17, 15) is 0 Å². The van der Waals surface area contributed by atoms with Crippen molar-refractivity contribution in [2.24, 2.45) is 5.11 Å². The third-order valence-electron chi connectivity index (χ3n) is 2.13. The van der Waals surface area contributed by atoms with Crippen molar-refractivity contribution >= 4 is 15.9 Å². The average Bonchev–Trinajstić information content (AvgIpc) is 2.59. The molecule has 1 aromatic rings. The maximum Gasteiger partial charge on any atom is 0.137 e. The first-order chi connectivity index (χ1) is 6.81. The fourth-order valence-electron chi connectivity index (χ4n) is 1.53. The highest BCUT2D eigenvalue weighted by Crippen LogP contribution is 2.35. The zero-order valence-electron chi connectivity index (χ0n) is 7.35. The fourth-order valence-corrected chi connectivity index (χ4v) is 2.03. The van der Waals surface area contributed by atoms with Crippen LogP contribution in [-0.4, -0.2) is 12.6 Å². The van der Waals surface area contributed by atoms with E-state index in [-0.39, 0.29) is 6.10 Å². The van der Waals surface area contributed by atoms with Crippen LogP contribution >= 0.6 is 15.9 Å². The van der Waals surface area contributed by atoms with Crippen LogP contribution in [0.5, 0.6) is 5.75 Å². The van der Waals surface area contributed by atoms with Crippen LogP contribution in [0.4, 0.5) is 0 Å². The molecule has 0 amide bonds. The van der Waals surface area contributed by atoms with Crippen LogP contribution in [0.3, 0.4) is 0 Å². The minimum atomic E-state index is -0.0143. The van der Waals surface area contributed by atoms with Crippen molar-refractivity contribution in [1.82, 2.24) is 0 Å². The summed E-state index contributed by atoms with van der Waals surface area (Å²) >= 11 is 3.41.